The molecule has 1 aliphatic rings. The number of nitrogens with one attached hydrogen (secondary N) is 2. The summed E-state index contributed by atoms with van der Waals surface area (Å²) in [6, 6.07) is 7.30. The summed E-state index contributed by atoms with van der Waals surface area (Å²) < 4.78 is 5.81. The van der Waals surface area contributed by atoms with Gasteiger partial charge in [-0.1, -0.05) is 18.0 Å². The number of halogens is 1. The Hall–Kier alpha value is -3.26. The van der Waals surface area contributed by atoms with Gasteiger partial charge in [0, 0.05) is 18.2 Å². The number of rotatable bonds is 6. The number of benzene rings is 2. The van der Waals surface area contributed by atoms with E-state index in [9.17, 15) is 19.5 Å². The van der Waals surface area contributed by atoms with E-state index >= 15 is 0 Å². The Balaban J connectivity index is 1.74. The number of amides is 2. The highest BCUT2D eigenvalue weighted by Gasteiger charge is 2.21. The monoisotopic (exact) mass is 432 g/mol. The molecule has 1 saturated carbocycles. The van der Waals surface area contributed by atoms with Gasteiger partial charge >= 0.3 is 11.9 Å². The maximum absolute atomic E-state index is 12.2. The number of aromatic hydroxyl groups is 1. The maximum atomic E-state index is 12.2. The van der Waals surface area contributed by atoms with Crippen molar-refractivity contribution in [2.45, 2.75) is 32.6 Å². The van der Waals surface area contributed by atoms with Crippen molar-refractivity contribution in [1.82, 2.24) is 0 Å². The summed E-state index contributed by atoms with van der Waals surface area (Å²) in [6.07, 6.45) is 3.65. The molecule has 0 atom stereocenters. The molecule has 2 amide bonds. The van der Waals surface area contributed by atoms with Crippen LogP contribution in [0, 0.1) is 12.8 Å². The van der Waals surface area contributed by atoms with E-state index in [4.69, 9.17) is 21.4 Å². The summed E-state index contributed by atoms with van der Waals surface area (Å²) in [5.41, 5.74) is 0.995. The molecule has 0 unspecified atom stereocenters. The largest absolute Gasteiger partial charge is 0.506 e. The van der Waals surface area contributed by atoms with E-state index in [1.807, 2.05) is 0 Å². The smallest absolute Gasteiger partial charge is 0.394 e. The number of carboxylic acid groups (broad SMARTS) is 1. The summed E-state index contributed by atoms with van der Waals surface area (Å²) in [5.74, 6) is -2.02. The first kappa shape index (κ1) is 21.4. The molecule has 0 spiro atoms. The highest BCUT2D eigenvalue weighted by Crippen LogP contribution is 2.38. The van der Waals surface area contributed by atoms with Crippen molar-refractivity contribution in [1.29, 1.82) is 0 Å². The third-order valence-electron chi connectivity index (χ3n) is 4.84. The summed E-state index contributed by atoms with van der Waals surface area (Å²) in [4.78, 5) is 34.2. The Morgan fingerprint density at radius 1 is 1.17 bits per heavy atom. The van der Waals surface area contributed by atoms with Crippen LogP contribution in [0.4, 0.5) is 11.4 Å². The van der Waals surface area contributed by atoms with Gasteiger partial charge in [0.2, 0.25) is 5.91 Å². The van der Waals surface area contributed by atoms with Gasteiger partial charge in [0.15, 0.2) is 0 Å². The van der Waals surface area contributed by atoms with Crippen molar-refractivity contribution in [3.63, 3.8) is 0 Å². The molecule has 0 radical (unpaired) electrons. The van der Waals surface area contributed by atoms with Crippen LogP contribution in [0.2, 0.25) is 5.02 Å². The van der Waals surface area contributed by atoms with Crippen LogP contribution in [0.3, 0.4) is 0 Å². The number of phenols is 1. The van der Waals surface area contributed by atoms with Crippen LogP contribution in [0.15, 0.2) is 30.3 Å². The zero-order valence-corrected chi connectivity index (χ0v) is 17.0. The molecule has 0 aliphatic heterocycles. The molecule has 1 fully saturated rings. The zero-order chi connectivity index (χ0) is 21.8. The molecule has 0 saturated heterocycles. The second kappa shape index (κ2) is 9.04. The molecule has 30 heavy (non-hydrogen) atoms. The Labute approximate surface area is 177 Å². The van der Waals surface area contributed by atoms with Crippen LogP contribution in [-0.4, -0.2) is 28.0 Å². The highest BCUT2D eigenvalue weighted by molar-refractivity contribution is 6.37. The van der Waals surface area contributed by atoms with Gasteiger partial charge in [-0.2, -0.15) is 0 Å². The lowest BCUT2D eigenvalue weighted by atomic mass is 9.83. The molecule has 1 aliphatic carbocycles. The highest BCUT2D eigenvalue weighted by atomic mass is 35.5. The van der Waals surface area contributed by atoms with E-state index in [1.54, 1.807) is 6.92 Å². The number of carbonyl (C=O) groups excluding carboxylic acids is 2. The number of aryl methyl sites for hydroxylation is 1. The van der Waals surface area contributed by atoms with E-state index < -0.39 is 11.9 Å². The van der Waals surface area contributed by atoms with Crippen LogP contribution in [-0.2, 0) is 14.4 Å². The minimum atomic E-state index is -1.61. The molecule has 4 N–H and O–H groups in total. The fourth-order valence-electron chi connectivity index (χ4n) is 3.07. The number of ether oxygens (including phenoxy) is 1. The number of anilines is 2. The normalized spacial score (nSPS) is 13.3. The number of carboxylic acids is 1. The summed E-state index contributed by atoms with van der Waals surface area (Å²) in [7, 11) is 0. The van der Waals surface area contributed by atoms with Crippen LogP contribution in [0.5, 0.6) is 17.2 Å². The summed E-state index contributed by atoms with van der Waals surface area (Å²) >= 11 is 6.24. The van der Waals surface area contributed by atoms with E-state index in [1.165, 1.54) is 30.3 Å². The second-order valence-electron chi connectivity index (χ2n) is 7.19. The molecule has 9 heteroatoms. The van der Waals surface area contributed by atoms with Gasteiger partial charge in [-0.3, -0.25) is 9.59 Å². The van der Waals surface area contributed by atoms with Crippen LogP contribution in [0.25, 0.3) is 0 Å². The van der Waals surface area contributed by atoms with E-state index in [0.29, 0.717) is 29.4 Å². The third kappa shape index (κ3) is 5.21. The van der Waals surface area contributed by atoms with Crippen LogP contribution < -0.4 is 15.4 Å². The van der Waals surface area contributed by atoms with E-state index in [0.717, 1.165) is 19.3 Å². The van der Waals surface area contributed by atoms with Crippen molar-refractivity contribution in [3.8, 4) is 17.2 Å². The number of phenolic OH excluding ortho intramolecular Hbond substituents is 1. The molecule has 8 nitrogen and oxygen atoms in total. The number of hydrogen-bond donors (Lipinski definition) is 4. The topological polar surface area (TPSA) is 125 Å². The van der Waals surface area contributed by atoms with Crippen molar-refractivity contribution in [2.24, 2.45) is 5.92 Å². The first-order valence-corrected chi connectivity index (χ1v) is 9.76. The molecule has 158 valence electrons. The fourth-order valence-corrected chi connectivity index (χ4v) is 3.38. The van der Waals surface area contributed by atoms with E-state index in [2.05, 4.69) is 10.6 Å². The van der Waals surface area contributed by atoms with Gasteiger partial charge in [-0.25, -0.2) is 4.79 Å². The number of aliphatic carboxylic acids is 1. The van der Waals surface area contributed by atoms with E-state index in [-0.39, 0.29) is 28.1 Å². The zero-order valence-electron chi connectivity index (χ0n) is 16.2. The van der Waals surface area contributed by atoms with Crippen molar-refractivity contribution >= 4 is 40.8 Å². The second-order valence-corrected chi connectivity index (χ2v) is 7.60. The molecule has 0 aromatic heterocycles. The minimum absolute atomic E-state index is 0.0844. The maximum Gasteiger partial charge on any atom is 0.394 e. The first-order chi connectivity index (χ1) is 14.2. The molecule has 2 aromatic rings. The van der Waals surface area contributed by atoms with Crippen molar-refractivity contribution < 1.29 is 29.3 Å². The number of carbonyl (C=O) groups is 3. The average Bonchev–Trinajstić information content (AvgIpc) is 2.63. The van der Waals surface area contributed by atoms with Gasteiger partial charge < -0.3 is 25.6 Å². The first-order valence-electron chi connectivity index (χ1n) is 9.38. The van der Waals surface area contributed by atoms with Gasteiger partial charge in [0.05, 0.1) is 10.7 Å². The summed E-state index contributed by atoms with van der Waals surface area (Å²) in [6.45, 7) is 1.68. The standard InChI is InChI=1S/C21H21ClN2O6/c1-11-7-13(23-20(27)21(28)29)9-15(22)19(11)30-14-5-6-17(25)16(10-14)24-18(26)8-12-3-2-4-12/h5-7,9-10,12,25H,2-4,8H2,1H3,(H,23,27)(H,24,26)(H,28,29). The Morgan fingerprint density at radius 3 is 2.50 bits per heavy atom. The van der Waals surface area contributed by atoms with Gasteiger partial charge in [0.25, 0.3) is 0 Å². The molecule has 0 heterocycles. The third-order valence-corrected chi connectivity index (χ3v) is 5.12. The van der Waals surface area contributed by atoms with Gasteiger partial charge in [-0.15, -0.1) is 0 Å². The average molecular weight is 433 g/mol. The lowest BCUT2D eigenvalue weighted by molar-refractivity contribution is -0.147. The molecular formula is C21H21ClN2O6. The van der Waals surface area contributed by atoms with Gasteiger partial charge in [-0.05, 0) is 55.5 Å². The summed E-state index contributed by atoms with van der Waals surface area (Å²) in [5, 5.41) is 23.8. The number of hydrogen-bond acceptors (Lipinski definition) is 5. The molecule has 2 aromatic carbocycles. The predicted octanol–water partition coefficient (Wildman–Crippen LogP) is 4.30. The van der Waals surface area contributed by atoms with Crippen molar-refractivity contribution in [3.05, 3.63) is 40.9 Å². The van der Waals surface area contributed by atoms with Gasteiger partial charge in [0.1, 0.15) is 17.2 Å². The quantitative estimate of drug-likeness (QED) is 0.398. The van der Waals surface area contributed by atoms with Crippen molar-refractivity contribution in [2.75, 3.05) is 10.6 Å². The Bertz CT molecular complexity index is 980. The molecule has 3 rings (SSSR count). The Kier molecular flexibility index (Phi) is 6.47. The minimum Gasteiger partial charge on any atom is -0.506 e. The molecule has 0 bridgehead atoms. The predicted molar refractivity (Wildman–Crippen MR) is 111 cm³/mol. The van der Waals surface area contributed by atoms with Crippen LogP contribution in [0.1, 0.15) is 31.2 Å². The molecular weight excluding hydrogens is 412 g/mol. The fraction of sp³-hybridized carbons (Fsp3) is 0.286. The Morgan fingerprint density at radius 2 is 1.90 bits per heavy atom. The SMILES string of the molecule is Cc1cc(NC(=O)C(=O)O)cc(Cl)c1Oc1ccc(O)c(NC(=O)CC2CCC2)c1. The van der Waals surface area contributed by atoms with Crippen LogP contribution >= 0.6 is 11.6 Å². The lowest BCUT2D eigenvalue weighted by Crippen LogP contribution is -2.21. The lowest BCUT2D eigenvalue weighted by Gasteiger charge is -2.24.